The number of anilines is 2. The van der Waals surface area contributed by atoms with Crippen LogP contribution in [0, 0.1) is 0 Å². The Morgan fingerprint density at radius 2 is 1.19 bits per heavy atom. The maximum Gasteiger partial charge on any atom is 0.272 e. The average Bonchev–Trinajstić information content (AvgIpc) is 3.21. The van der Waals surface area contributed by atoms with E-state index in [1.165, 1.54) is 11.8 Å². The Morgan fingerprint density at radius 1 is 0.593 bits per heavy atom. The molecule has 1 aliphatic rings. The van der Waals surface area contributed by atoms with Crippen LogP contribution in [0.1, 0.15) is 54.7 Å². The molecule has 9 heteroatoms. The molecule has 264 valence electrons. The predicted molar refractivity (Wildman–Crippen MR) is 213 cm³/mol. The molecule has 0 aromatic heterocycles. The number of ketones is 2. The van der Waals surface area contributed by atoms with Gasteiger partial charge in [-0.2, -0.15) is 0 Å². The first-order valence-electron chi connectivity index (χ1n) is 17.2. The maximum absolute atomic E-state index is 13.6. The Bertz CT molecular complexity index is 2430. The van der Waals surface area contributed by atoms with Crippen molar-refractivity contribution >= 4 is 58.5 Å². The van der Waals surface area contributed by atoms with E-state index in [1.807, 2.05) is 60.7 Å². The van der Waals surface area contributed by atoms with Gasteiger partial charge in [-0.15, -0.1) is 11.8 Å². The second kappa shape index (κ2) is 15.8. The van der Waals surface area contributed by atoms with Crippen molar-refractivity contribution in [3.63, 3.8) is 0 Å². The van der Waals surface area contributed by atoms with Gasteiger partial charge in [-0.05, 0) is 72.2 Å². The molecule has 54 heavy (non-hydrogen) atoms. The van der Waals surface area contributed by atoms with Crippen LogP contribution < -0.4 is 16.0 Å². The van der Waals surface area contributed by atoms with Gasteiger partial charge in [-0.3, -0.25) is 24.0 Å². The summed E-state index contributed by atoms with van der Waals surface area (Å²) in [4.78, 5) is 67.3. The van der Waals surface area contributed by atoms with Gasteiger partial charge in [0, 0.05) is 32.8 Å². The number of nitrogens with one attached hydrogen (secondary N) is 3. The fraction of sp³-hybridized carbons (Fsp3) is 0.0444. The summed E-state index contributed by atoms with van der Waals surface area (Å²) >= 11 is 1.29. The van der Waals surface area contributed by atoms with Crippen molar-refractivity contribution in [1.82, 2.24) is 5.32 Å². The first-order chi connectivity index (χ1) is 26.2. The zero-order valence-electron chi connectivity index (χ0n) is 29.0. The van der Waals surface area contributed by atoms with E-state index in [1.54, 1.807) is 104 Å². The van der Waals surface area contributed by atoms with Crippen molar-refractivity contribution < 1.29 is 24.0 Å². The Hall–Kier alpha value is -6.84. The average molecular weight is 728 g/mol. The number of thioether (sulfide) groups is 1. The van der Waals surface area contributed by atoms with E-state index >= 15 is 0 Å². The van der Waals surface area contributed by atoms with Crippen LogP contribution in [0.25, 0.3) is 17.2 Å². The number of hydrogen-bond donors (Lipinski definition) is 3. The van der Waals surface area contributed by atoms with Crippen molar-refractivity contribution in [3.8, 4) is 11.1 Å². The first kappa shape index (κ1) is 35.6. The van der Waals surface area contributed by atoms with E-state index in [4.69, 9.17) is 0 Å². The van der Waals surface area contributed by atoms with Gasteiger partial charge in [-0.1, -0.05) is 109 Å². The van der Waals surface area contributed by atoms with E-state index in [-0.39, 0.29) is 40.0 Å². The second-order valence-corrected chi connectivity index (χ2v) is 13.9. The summed E-state index contributed by atoms with van der Waals surface area (Å²) < 4.78 is 0. The number of amides is 3. The smallest absolute Gasteiger partial charge is 0.272 e. The summed E-state index contributed by atoms with van der Waals surface area (Å²) in [6.45, 7) is 1.74. The molecule has 0 spiro atoms. The molecule has 7 rings (SSSR count). The highest BCUT2D eigenvalue weighted by atomic mass is 32.2. The van der Waals surface area contributed by atoms with Gasteiger partial charge in [0.25, 0.3) is 11.8 Å². The van der Waals surface area contributed by atoms with E-state index in [0.29, 0.717) is 22.4 Å². The lowest BCUT2D eigenvalue weighted by molar-refractivity contribution is -0.115. The van der Waals surface area contributed by atoms with Gasteiger partial charge in [0.1, 0.15) is 5.70 Å². The van der Waals surface area contributed by atoms with Crippen molar-refractivity contribution in [2.75, 3.05) is 10.6 Å². The van der Waals surface area contributed by atoms with Crippen LogP contribution >= 0.6 is 11.8 Å². The molecule has 6 aromatic carbocycles. The normalized spacial score (nSPS) is 12.6. The summed E-state index contributed by atoms with van der Waals surface area (Å²) in [6, 6.07) is 44.8. The molecule has 0 aliphatic heterocycles. The molecular formula is C45H33N3O5S. The highest BCUT2D eigenvalue weighted by molar-refractivity contribution is 8.00. The van der Waals surface area contributed by atoms with Crippen LogP contribution in [0.3, 0.4) is 0 Å². The Morgan fingerprint density at radius 3 is 1.87 bits per heavy atom. The van der Waals surface area contributed by atoms with Crippen LogP contribution in [-0.2, 0) is 9.59 Å². The third kappa shape index (κ3) is 7.81. The van der Waals surface area contributed by atoms with Crippen LogP contribution in [0.2, 0.25) is 0 Å². The zero-order chi connectivity index (χ0) is 37.6. The molecule has 1 aliphatic carbocycles. The second-order valence-electron chi connectivity index (χ2n) is 12.5. The summed E-state index contributed by atoms with van der Waals surface area (Å²) in [6.07, 6.45) is 1.63. The monoisotopic (exact) mass is 727 g/mol. The van der Waals surface area contributed by atoms with Gasteiger partial charge in [-0.25, -0.2) is 0 Å². The van der Waals surface area contributed by atoms with E-state index < -0.39 is 17.1 Å². The van der Waals surface area contributed by atoms with Gasteiger partial charge >= 0.3 is 0 Å². The number of rotatable bonds is 10. The van der Waals surface area contributed by atoms with Gasteiger partial charge in [0.15, 0.2) is 11.6 Å². The standard InChI is InChI=1S/C45H33N3O5S/c1-28(43(51)47-38-18-10-17-37-40(38)42(50)36-16-9-8-15-35(36)41(37)49)54-34-25-23-33(24-26-34)46-45(53)39(48-44(52)32-13-6-3-7-14-32)27-29-19-21-31(22-20-29)30-11-4-2-5-12-30/h2-28H,1H3,(H,46,53)(H,47,51)(H,48,52)/b39-27-. The Kier molecular flexibility index (Phi) is 10.4. The third-order valence-electron chi connectivity index (χ3n) is 8.86. The van der Waals surface area contributed by atoms with Crippen molar-refractivity contribution in [2.45, 2.75) is 17.1 Å². The van der Waals surface area contributed by atoms with E-state index in [0.717, 1.165) is 21.6 Å². The van der Waals surface area contributed by atoms with E-state index in [2.05, 4.69) is 16.0 Å². The molecule has 0 bridgehead atoms. The summed E-state index contributed by atoms with van der Waals surface area (Å²) in [5.41, 5.74) is 5.15. The van der Waals surface area contributed by atoms with Crippen LogP contribution in [0.15, 0.2) is 162 Å². The summed E-state index contributed by atoms with van der Waals surface area (Å²) in [5, 5.41) is 7.91. The summed E-state index contributed by atoms with van der Waals surface area (Å²) in [5.74, 6) is -1.85. The molecule has 6 aromatic rings. The molecule has 1 unspecified atom stereocenters. The Balaban J connectivity index is 1.03. The number of hydrogen-bond acceptors (Lipinski definition) is 6. The maximum atomic E-state index is 13.6. The van der Waals surface area contributed by atoms with Crippen molar-refractivity contribution in [1.29, 1.82) is 0 Å². The molecule has 0 saturated carbocycles. The van der Waals surface area contributed by atoms with Crippen LogP contribution in [-0.4, -0.2) is 34.5 Å². The lowest BCUT2D eigenvalue weighted by Crippen LogP contribution is -2.30. The minimum atomic E-state index is -0.570. The molecule has 0 saturated heterocycles. The molecular weight excluding hydrogens is 695 g/mol. The minimum Gasteiger partial charge on any atom is -0.324 e. The molecule has 3 amide bonds. The van der Waals surface area contributed by atoms with E-state index in [9.17, 15) is 24.0 Å². The lowest BCUT2D eigenvalue weighted by atomic mass is 9.83. The predicted octanol–water partition coefficient (Wildman–Crippen LogP) is 8.66. The highest BCUT2D eigenvalue weighted by Crippen LogP contribution is 2.33. The fourth-order valence-electron chi connectivity index (χ4n) is 6.07. The molecule has 8 nitrogen and oxygen atoms in total. The molecule has 0 radical (unpaired) electrons. The molecule has 0 heterocycles. The minimum absolute atomic E-state index is 0.0619. The third-order valence-corrected chi connectivity index (χ3v) is 9.97. The zero-order valence-corrected chi connectivity index (χ0v) is 29.9. The lowest BCUT2D eigenvalue weighted by Gasteiger charge is -2.21. The quantitative estimate of drug-likeness (QED) is 0.0958. The van der Waals surface area contributed by atoms with Crippen molar-refractivity contribution in [3.05, 3.63) is 191 Å². The number of benzene rings is 6. The topological polar surface area (TPSA) is 121 Å². The van der Waals surface area contributed by atoms with Crippen molar-refractivity contribution in [2.24, 2.45) is 0 Å². The first-order valence-corrected chi connectivity index (χ1v) is 18.1. The molecule has 3 N–H and O–H groups in total. The summed E-state index contributed by atoms with van der Waals surface area (Å²) in [7, 11) is 0. The molecule has 0 fully saturated rings. The number of fused-ring (bicyclic) bond motifs is 2. The molecule has 1 atom stereocenters. The highest BCUT2D eigenvalue weighted by Gasteiger charge is 2.32. The number of carbonyl (C=O) groups excluding carboxylic acids is 5. The SMILES string of the molecule is CC(Sc1ccc(NC(=O)/C(=C/c2ccc(-c3ccccc3)cc2)NC(=O)c2ccccc2)cc1)C(=O)Nc1cccc2c1C(=O)c1ccccc1C2=O. The van der Waals surface area contributed by atoms with Crippen LogP contribution in [0.5, 0.6) is 0 Å². The largest absolute Gasteiger partial charge is 0.324 e. The number of carbonyl (C=O) groups is 5. The van der Waals surface area contributed by atoms with Crippen LogP contribution in [0.4, 0.5) is 11.4 Å². The fourth-order valence-corrected chi connectivity index (χ4v) is 6.94. The van der Waals surface area contributed by atoms with Gasteiger partial charge in [0.05, 0.1) is 16.5 Å². The van der Waals surface area contributed by atoms with Gasteiger partial charge < -0.3 is 16.0 Å². The Labute approximate surface area is 316 Å². The van der Waals surface area contributed by atoms with Gasteiger partial charge in [0.2, 0.25) is 5.91 Å².